The summed E-state index contributed by atoms with van der Waals surface area (Å²) in [6.07, 6.45) is -4.64. The molecule has 2 rings (SSSR count). The molecule has 0 aliphatic rings. The third kappa shape index (κ3) is 5.47. The van der Waals surface area contributed by atoms with Gasteiger partial charge in [-0.1, -0.05) is 30.3 Å². The zero-order valence-corrected chi connectivity index (χ0v) is 13.5. The first-order chi connectivity index (χ1) is 12.3. The van der Waals surface area contributed by atoms with Gasteiger partial charge in [0.2, 0.25) is 5.91 Å². The lowest BCUT2D eigenvalue weighted by atomic mass is 10.1. The second kappa shape index (κ2) is 8.32. The van der Waals surface area contributed by atoms with Crippen molar-refractivity contribution in [3.05, 3.63) is 69.8 Å². The number of nitrogens with one attached hydrogen (secondary N) is 2. The molecule has 0 fully saturated rings. The van der Waals surface area contributed by atoms with Gasteiger partial charge in [-0.05, 0) is 17.7 Å². The van der Waals surface area contributed by atoms with Crippen molar-refractivity contribution in [2.24, 2.45) is 0 Å². The molecule has 6 nitrogen and oxygen atoms in total. The molecule has 0 aromatic heterocycles. The van der Waals surface area contributed by atoms with Crippen LogP contribution in [0.2, 0.25) is 0 Å². The molecule has 2 aromatic carbocycles. The minimum absolute atomic E-state index is 0.0807. The van der Waals surface area contributed by atoms with Gasteiger partial charge in [-0.25, -0.2) is 0 Å². The molecule has 0 aliphatic heterocycles. The van der Waals surface area contributed by atoms with Gasteiger partial charge in [-0.15, -0.1) is 0 Å². The first kappa shape index (κ1) is 19.2. The lowest BCUT2D eigenvalue weighted by Gasteiger charge is -2.10. The predicted octanol–water partition coefficient (Wildman–Crippen LogP) is 3.38. The SMILES string of the molecule is O=C(Cc1cccc(C(F)(F)F)c1)NCCNc1ccccc1[N+](=O)[O-]. The van der Waals surface area contributed by atoms with Crippen molar-refractivity contribution in [1.29, 1.82) is 0 Å². The van der Waals surface area contributed by atoms with Crippen LogP contribution in [0, 0.1) is 10.1 Å². The summed E-state index contributed by atoms with van der Waals surface area (Å²) in [5, 5.41) is 16.3. The molecule has 0 spiro atoms. The van der Waals surface area contributed by atoms with Crippen LogP contribution in [0.25, 0.3) is 0 Å². The Kier molecular flexibility index (Phi) is 6.16. The van der Waals surface area contributed by atoms with E-state index in [-0.39, 0.29) is 30.8 Å². The number of nitro benzene ring substituents is 1. The summed E-state index contributed by atoms with van der Waals surface area (Å²) in [7, 11) is 0. The normalized spacial score (nSPS) is 11.0. The molecule has 26 heavy (non-hydrogen) atoms. The van der Waals surface area contributed by atoms with Gasteiger partial charge in [0.15, 0.2) is 0 Å². The standard InChI is InChI=1S/C17H16F3N3O3/c18-17(19,20)13-5-3-4-12(10-13)11-16(24)22-9-8-21-14-6-1-2-7-15(14)23(25)26/h1-7,10,21H,8-9,11H2,(H,22,24). The molecule has 0 radical (unpaired) electrons. The van der Waals surface area contributed by atoms with E-state index in [1.54, 1.807) is 18.2 Å². The Balaban J connectivity index is 1.82. The van der Waals surface area contributed by atoms with E-state index in [1.807, 2.05) is 0 Å². The molecule has 138 valence electrons. The van der Waals surface area contributed by atoms with E-state index in [1.165, 1.54) is 18.2 Å². The minimum Gasteiger partial charge on any atom is -0.378 e. The summed E-state index contributed by atoms with van der Waals surface area (Å²) < 4.78 is 37.9. The number of carbonyl (C=O) groups excluding carboxylic acids is 1. The second-order valence-corrected chi connectivity index (χ2v) is 5.43. The van der Waals surface area contributed by atoms with E-state index >= 15 is 0 Å². The van der Waals surface area contributed by atoms with Crippen molar-refractivity contribution >= 4 is 17.3 Å². The molecule has 2 aromatic rings. The summed E-state index contributed by atoms with van der Waals surface area (Å²) >= 11 is 0. The van der Waals surface area contributed by atoms with E-state index in [0.717, 1.165) is 12.1 Å². The van der Waals surface area contributed by atoms with Crippen LogP contribution in [0.3, 0.4) is 0 Å². The molecular weight excluding hydrogens is 351 g/mol. The summed E-state index contributed by atoms with van der Waals surface area (Å²) in [5.41, 5.74) is -0.308. The van der Waals surface area contributed by atoms with Crippen LogP contribution in [-0.4, -0.2) is 23.9 Å². The lowest BCUT2D eigenvalue weighted by molar-refractivity contribution is -0.384. The summed E-state index contributed by atoms with van der Waals surface area (Å²) in [6.45, 7) is 0.406. The Bertz CT molecular complexity index is 794. The van der Waals surface area contributed by atoms with Crippen molar-refractivity contribution in [2.45, 2.75) is 12.6 Å². The van der Waals surface area contributed by atoms with Crippen molar-refractivity contribution in [1.82, 2.24) is 5.32 Å². The number of anilines is 1. The van der Waals surface area contributed by atoms with Crippen molar-refractivity contribution in [2.75, 3.05) is 18.4 Å². The average Bonchev–Trinajstić information content (AvgIpc) is 2.58. The lowest BCUT2D eigenvalue weighted by Crippen LogP contribution is -2.30. The zero-order valence-electron chi connectivity index (χ0n) is 13.5. The maximum Gasteiger partial charge on any atom is 0.416 e. The smallest absolute Gasteiger partial charge is 0.378 e. The topological polar surface area (TPSA) is 84.3 Å². The fraction of sp³-hybridized carbons (Fsp3) is 0.235. The fourth-order valence-electron chi connectivity index (χ4n) is 2.29. The number of halogens is 3. The highest BCUT2D eigenvalue weighted by molar-refractivity contribution is 5.78. The van der Waals surface area contributed by atoms with Crippen LogP contribution in [0.1, 0.15) is 11.1 Å². The van der Waals surface area contributed by atoms with Crippen molar-refractivity contribution in [3.63, 3.8) is 0 Å². The number of carbonyl (C=O) groups is 1. The van der Waals surface area contributed by atoms with Gasteiger partial charge < -0.3 is 10.6 Å². The third-order valence-corrected chi connectivity index (χ3v) is 3.48. The maximum atomic E-state index is 12.6. The number of benzene rings is 2. The van der Waals surface area contributed by atoms with E-state index in [9.17, 15) is 28.1 Å². The highest BCUT2D eigenvalue weighted by atomic mass is 19.4. The van der Waals surface area contributed by atoms with E-state index in [4.69, 9.17) is 0 Å². The number of hydrogen-bond acceptors (Lipinski definition) is 4. The maximum absolute atomic E-state index is 12.6. The van der Waals surface area contributed by atoms with E-state index < -0.39 is 22.6 Å². The van der Waals surface area contributed by atoms with E-state index in [2.05, 4.69) is 10.6 Å². The Labute approximate surface area is 147 Å². The molecule has 9 heteroatoms. The first-order valence-electron chi connectivity index (χ1n) is 7.67. The molecule has 2 N–H and O–H groups in total. The van der Waals surface area contributed by atoms with Crippen LogP contribution in [0.15, 0.2) is 48.5 Å². The minimum atomic E-state index is -4.46. The Hall–Kier alpha value is -3.10. The second-order valence-electron chi connectivity index (χ2n) is 5.43. The Morgan fingerprint density at radius 2 is 1.81 bits per heavy atom. The summed E-state index contributed by atoms with van der Waals surface area (Å²) in [6, 6.07) is 10.7. The van der Waals surface area contributed by atoms with Crippen molar-refractivity contribution < 1.29 is 22.9 Å². The van der Waals surface area contributed by atoms with Crippen LogP contribution in [0.5, 0.6) is 0 Å². The number of amides is 1. The molecule has 0 bridgehead atoms. The fourth-order valence-corrected chi connectivity index (χ4v) is 2.29. The van der Waals surface area contributed by atoms with Crippen LogP contribution < -0.4 is 10.6 Å². The molecule has 0 heterocycles. The quantitative estimate of drug-likeness (QED) is 0.446. The summed E-state index contributed by atoms with van der Waals surface area (Å²) in [5.74, 6) is -0.436. The number of nitrogens with zero attached hydrogens (tertiary/aromatic N) is 1. The Morgan fingerprint density at radius 3 is 2.50 bits per heavy atom. The highest BCUT2D eigenvalue weighted by Gasteiger charge is 2.30. The summed E-state index contributed by atoms with van der Waals surface area (Å²) in [4.78, 5) is 22.2. The molecule has 1 amide bonds. The molecule has 0 unspecified atom stereocenters. The van der Waals surface area contributed by atoms with Crippen LogP contribution in [-0.2, 0) is 17.4 Å². The molecule has 0 saturated carbocycles. The van der Waals surface area contributed by atoms with Crippen LogP contribution >= 0.6 is 0 Å². The number of para-hydroxylation sites is 2. The molecule has 0 atom stereocenters. The highest BCUT2D eigenvalue weighted by Crippen LogP contribution is 2.29. The Morgan fingerprint density at radius 1 is 1.08 bits per heavy atom. The number of nitro groups is 1. The van der Waals surface area contributed by atoms with Gasteiger partial charge in [0.05, 0.1) is 16.9 Å². The van der Waals surface area contributed by atoms with Gasteiger partial charge in [0.1, 0.15) is 5.69 Å². The van der Waals surface area contributed by atoms with Gasteiger partial charge in [-0.3, -0.25) is 14.9 Å². The predicted molar refractivity (Wildman–Crippen MR) is 89.7 cm³/mol. The monoisotopic (exact) mass is 367 g/mol. The molecule has 0 saturated heterocycles. The number of alkyl halides is 3. The largest absolute Gasteiger partial charge is 0.416 e. The van der Waals surface area contributed by atoms with Gasteiger partial charge in [-0.2, -0.15) is 13.2 Å². The van der Waals surface area contributed by atoms with Gasteiger partial charge >= 0.3 is 6.18 Å². The van der Waals surface area contributed by atoms with Gasteiger partial charge in [0.25, 0.3) is 5.69 Å². The van der Waals surface area contributed by atoms with Crippen molar-refractivity contribution in [3.8, 4) is 0 Å². The van der Waals surface area contributed by atoms with E-state index in [0.29, 0.717) is 5.69 Å². The zero-order chi connectivity index (χ0) is 19.2. The number of hydrogen-bond donors (Lipinski definition) is 2. The van der Waals surface area contributed by atoms with Gasteiger partial charge in [0, 0.05) is 19.2 Å². The number of rotatable bonds is 7. The third-order valence-electron chi connectivity index (χ3n) is 3.48. The van der Waals surface area contributed by atoms with Crippen LogP contribution in [0.4, 0.5) is 24.5 Å². The average molecular weight is 367 g/mol. The first-order valence-corrected chi connectivity index (χ1v) is 7.67. The molecular formula is C17H16F3N3O3. The molecule has 0 aliphatic carbocycles.